The number of amides is 1. The lowest BCUT2D eigenvalue weighted by atomic mass is 10.0. The summed E-state index contributed by atoms with van der Waals surface area (Å²) in [6.07, 6.45) is 6.01. The summed E-state index contributed by atoms with van der Waals surface area (Å²) in [6, 6.07) is 10.3. The Bertz CT molecular complexity index is 876. The first-order valence-electron chi connectivity index (χ1n) is 8.70. The molecular weight excluding hydrogens is 332 g/mol. The lowest BCUT2D eigenvalue weighted by Gasteiger charge is -2.32. The van der Waals surface area contributed by atoms with E-state index in [0.717, 1.165) is 43.0 Å². The summed E-state index contributed by atoms with van der Waals surface area (Å²) in [5.41, 5.74) is 2.21. The molecule has 0 unspecified atom stereocenters. The largest absolute Gasteiger partial charge is 0.349 e. The van der Waals surface area contributed by atoms with Gasteiger partial charge in [-0.15, -0.1) is 11.3 Å². The van der Waals surface area contributed by atoms with Crippen LogP contribution in [0.15, 0.2) is 42.7 Å². The van der Waals surface area contributed by atoms with Crippen LogP contribution in [0.1, 0.15) is 33.1 Å². The van der Waals surface area contributed by atoms with Crippen LogP contribution in [-0.4, -0.2) is 39.3 Å². The van der Waals surface area contributed by atoms with Crippen molar-refractivity contribution in [2.24, 2.45) is 0 Å². The predicted octanol–water partition coefficient (Wildman–Crippen LogP) is 3.10. The van der Waals surface area contributed by atoms with E-state index >= 15 is 0 Å². The van der Waals surface area contributed by atoms with Gasteiger partial charge >= 0.3 is 0 Å². The number of carbonyl (C=O) groups excluding carboxylic acids is 1. The van der Waals surface area contributed by atoms with E-state index in [1.54, 1.807) is 11.3 Å². The molecule has 0 bridgehead atoms. The molecule has 1 aliphatic heterocycles. The number of likely N-dealkylation sites (tertiary alicyclic amines) is 1. The van der Waals surface area contributed by atoms with Crippen LogP contribution in [0.4, 0.5) is 0 Å². The number of piperidine rings is 1. The van der Waals surface area contributed by atoms with Gasteiger partial charge in [-0.25, -0.2) is 4.98 Å². The van der Waals surface area contributed by atoms with Crippen LogP contribution in [-0.2, 0) is 6.54 Å². The van der Waals surface area contributed by atoms with Crippen LogP contribution < -0.4 is 5.32 Å². The molecule has 0 aromatic carbocycles. The number of fused-ring (bicyclic) bond motifs is 1. The molecule has 1 saturated heterocycles. The second kappa shape index (κ2) is 6.98. The van der Waals surface area contributed by atoms with E-state index in [1.807, 2.05) is 43.5 Å². The van der Waals surface area contributed by atoms with Gasteiger partial charge in [-0.1, -0.05) is 6.07 Å². The number of aryl methyl sites for hydroxylation is 1. The third-order valence-corrected chi connectivity index (χ3v) is 5.77. The Morgan fingerprint density at radius 1 is 1.28 bits per heavy atom. The fourth-order valence-corrected chi connectivity index (χ4v) is 4.15. The minimum Gasteiger partial charge on any atom is -0.349 e. The second-order valence-corrected chi connectivity index (χ2v) is 7.90. The monoisotopic (exact) mass is 354 g/mol. The summed E-state index contributed by atoms with van der Waals surface area (Å²) in [4.78, 5) is 21.2. The number of hydrogen-bond acceptors (Lipinski definition) is 4. The number of rotatable bonds is 4. The van der Waals surface area contributed by atoms with Crippen LogP contribution in [0.25, 0.3) is 5.65 Å². The van der Waals surface area contributed by atoms with Gasteiger partial charge in [0.2, 0.25) is 0 Å². The SMILES string of the molecule is Cc1ccc(C(=O)NC2CCN(Cc3cnc4ccccn34)CC2)s1. The second-order valence-electron chi connectivity index (χ2n) is 6.61. The molecular formula is C19H22N4OS. The Kier molecular flexibility index (Phi) is 4.55. The highest BCUT2D eigenvalue weighted by atomic mass is 32.1. The summed E-state index contributed by atoms with van der Waals surface area (Å²) in [5, 5.41) is 3.18. The molecule has 25 heavy (non-hydrogen) atoms. The van der Waals surface area contributed by atoms with Gasteiger partial charge in [-0.05, 0) is 44.0 Å². The lowest BCUT2D eigenvalue weighted by Crippen LogP contribution is -2.44. The molecule has 6 heteroatoms. The number of hydrogen-bond donors (Lipinski definition) is 1. The molecule has 0 radical (unpaired) electrons. The van der Waals surface area contributed by atoms with Crippen molar-refractivity contribution in [1.82, 2.24) is 19.6 Å². The zero-order valence-corrected chi connectivity index (χ0v) is 15.1. The summed E-state index contributed by atoms with van der Waals surface area (Å²) in [7, 11) is 0. The van der Waals surface area contributed by atoms with Crippen molar-refractivity contribution in [1.29, 1.82) is 0 Å². The van der Waals surface area contributed by atoms with Gasteiger partial charge in [-0.2, -0.15) is 0 Å². The van der Waals surface area contributed by atoms with Gasteiger partial charge in [-0.3, -0.25) is 9.69 Å². The average molecular weight is 354 g/mol. The smallest absolute Gasteiger partial charge is 0.261 e. The maximum Gasteiger partial charge on any atom is 0.261 e. The van der Waals surface area contributed by atoms with E-state index in [0.29, 0.717) is 0 Å². The Morgan fingerprint density at radius 2 is 2.12 bits per heavy atom. The van der Waals surface area contributed by atoms with Crippen molar-refractivity contribution in [2.45, 2.75) is 32.4 Å². The first-order valence-corrected chi connectivity index (χ1v) is 9.51. The van der Waals surface area contributed by atoms with E-state index in [2.05, 4.69) is 25.8 Å². The molecule has 4 heterocycles. The third kappa shape index (κ3) is 3.60. The molecule has 0 saturated carbocycles. The average Bonchev–Trinajstić information content (AvgIpc) is 3.24. The third-order valence-electron chi connectivity index (χ3n) is 4.77. The van der Waals surface area contributed by atoms with Gasteiger partial charge in [0.25, 0.3) is 5.91 Å². The Hall–Kier alpha value is -2.18. The van der Waals surface area contributed by atoms with E-state index < -0.39 is 0 Å². The van der Waals surface area contributed by atoms with Gasteiger partial charge in [0.15, 0.2) is 0 Å². The first kappa shape index (κ1) is 16.3. The number of nitrogens with one attached hydrogen (secondary N) is 1. The van der Waals surface area contributed by atoms with E-state index in [9.17, 15) is 4.79 Å². The van der Waals surface area contributed by atoms with Gasteiger partial charge in [0.1, 0.15) is 5.65 Å². The summed E-state index contributed by atoms with van der Waals surface area (Å²) >= 11 is 1.56. The first-order chi connectivity index (χ1) is 12.2. The van der Waals surface area contributed by atoms with Crippen LogP contribution in [0.3, 0.4) is 0 Å². The van der Waals surface area contributed by atoms with E-state index in [4.69, 9.17) is 0 Å². The normalized spacial score (nSPS) is 16.4. The van der Waals surface area contributed by atoms with Crippen molar-refractivity contribution in [3.63, 3.8) is 0 Å². The van der Waals surface area contributed by atoms with Crippen LogP contribution >= 0.6 is 11.3 Å². The number of thiophene rings is 1. The Labute approximate surface area is 151 Å². The Morgan fingerprint density at radius 3 is 2.88 bits per heavy atom. The summed E-state index contributed by atoms with van der Waals surface area (Å²) < 4.78 is 2.15. The molecule has 3 aromatic rings. The van der Waals surface area contributed by atoms with Gasteiger partial charge < -0.3 is 9.72 Å². The van der Waals surface area contributed by atoms with Crippen molar-refractivity contribution >= 4 is 22.9 Å². The fourth-order valence-electron chi connectivity index (χ4n) is 3.38. The quantitative estimate of drug-likeness (QED) is 0.783. The maximum absolute atomic E-state index is 12.3. The minimum absolute atomic E-state index is 0.0679. The highest BCUT2D eigenvalue weighted by Crippen LogP contribution is 2.18. The molecule has 1 aliphatic rings. The number of carbonyl (C=O) groups is 1. The summed E-state index contributed by atoms with van der Waals surface area (Å²) in [6.45, 7) is 4.92. The van der Waals surface area contributed by atoms with E-state index in [1.165, 1.54) is 10.6 Å². The van der Waals surface area contributed by atoms with Crippen LogP contribution in [0.5, 0.6) is 0 Å². The molecule has 1 amide bonds. The number of nitrogens with zero attached hydrogens (tertiary/aromatic N) is 3. The van der Waals surface area contributed by atoms with Crippen LogP contribution in [0, 0.1) is 6.92 Å². The fraction of sp³-hybridized carbons (Fsp3) is 0.368. The molecule has 0 spiro atoms. The summed E-state index contributed by atoms with van der Waals surface area (Å²) in [5.74, 6) is 0.0679. The van der Waals surface area contributed by atoms with Crippen LogP contribution in [0.2, 0.25) is 0 Å². The standard InChI is InChI=1S/C19H22N4OS/c1-14-5-6-17(25-14)19(24)21-15-7-10-22(11-8-15)13-16-12-20-18-4-2-3-9-23(16)18/h2-6,9,12,15H,7-8,10-11,13H2,1H3,(H,21,24). The van der Waals surface area contributed by atoms with Gasteiger partial charge in [0, 0.05) is 36.8 Å². The molecule has 4 rings (SSSR count). The maximum atomic E-state index is 12.3. The molecule has 0 atom stereocenters. The zero-order valence-electron chi connectivity index (χ0n) is 14.3. The van der Waals surface area contributed by atoms with Crippen molar-refractivity contribution in [3.05, 3.63) is 58.2 Å². The zero-order chi connectivity index (χ0) is 17.2. The topological polar surface area (TPSA) is 49.6 Å². The Balaban J connectivity index is 1.32. The lowest BCUT2D eigenvalue weighted by molar-refractivity contribution is 0.0912. The highest BCUT2D eigenvalue weighted by Gasteiger charge is 2.22. The van der Waals surface area contributed by atoms with Crippen molar-refractivity contribution in [3.8, 4) is 0 Å². The van der Waals surface area contributed by atoms with Crippen molar-refractivity contribution in [2.75, 3.05) is 13.1 Å². The minimum atomic E-state index is 0.0679. The molecule has 3 aromatic heterocycles. The highest BCUT2D eigenvalue weighted by molar-refractivity contribution is 7.13. The molecule has 1 N–H and O–H groups in total. The molecule has 130 valence electrons. The molecule has 0 aliphatic carbocycles. The molecule has 5 nitrogen and oxygen atoms in total. The number of imidazole rings is 1. The van der Waals surface area contributed by atoms with Gasteiger partial charge in [0.05, 0.1) is 16.8 Å². The number of pyridine rings is 1. The number of aromatic nitrogens is 2. The molecule has 1 fully saturated rings. The van der Waals surface area contributed by atoms with E-state index in [-0.39, 0.29) is 11.9 Å². The van der Waals surface area contributed by atoms with Crippen molar-refractivity contribution < 1.29 is 4.79 Å². The predicted molar refractivity (Wildman–Crippen MR) is 100 cm³/mol.